The number of carbonyl (C=O) groups excluding carboxylic acids is 1. The van der Waals surface area contributed by atoms with Crippen molar-refractivity contribution in [1.82, 2.24) is 19.9 Å². The molecule has 1 unspecified atom stereocenters. The molecule has 3 aromatic rings. The van der Waals surface area contributed by atoms with Crippen molar-refractivity contribution >= 4 is 23.3 Å². The predicted molar refractivity (Wildman–Crippen MR) is 104 cm³/mol. The van der Waals surface area contributed by atoms with Crippen molar-refractivity contribution in [1.29, 1.82) is 0 Å². The molecule has 0 radical (unpaired) electrons. The first-order valence-electron chi connectivity index (χ1n) is 9.15. The number of fused-ring (bicyclic) bond motifs is 1. The summed E-state index contributed by atoms with van der Waals surface area (Å²) in [7, 11) is 0. The van der Waals surface area contributed by atoms with Crippen molar-refractivity contribution in [3.8, 4) is 0 Å². The summed E-state index contributed by atoms with van der Waals surface area (Å²) in [5, 5.41) is 8.08. The van der Waals surface area contributed by atoms with E-state index >= 15 is 0 Å². The molecule has 1 amide bonds. The molecule has 28 heavy (non-hydrogen) atoms. The van der Waals surface area contributed by atoms with Crippen LogP contribution in [-0.2, 0) is 20.7 Å². The van der Waals surface area contributed by atoms with Gasteiger partial charge < -0.3 is 24.7 Å². The minimum absolute atomic E-state index is 0.127. The van der Waals surface area contributed by atoms with Crippen molar-refractivity contribution in [2.45, 2.75) is 25.8 Å². The molecule has 8 nitrogen and oxygen atoms in total. The molecule has 1 aliphatic rings. The second kappa shape index (κ2) is 9.18. The van der Waals surface area contributed by atoms with Crippen molar-refractivity contribution < 1.29 is 19.4 Å². The second-order valence-electron chi connectivity index (χ2n) is 6.59. The van der Waals surface area contributed by atoms with Crippen molar-refractivity contribution in [3.05, 3.63) is 53.7 Å². The van der Waals surface area contributed by atoms with Crippen molar-refractivity contribution in [3.63, 3.8) is 0 Å². The van der Waals surface area contributed by atoms with Gasteiger partial charge in [0.15, 0.2) is 0 Å². The number of nitrogens with one attached hydrogen (secondary N) is 2. The van der Waals surface area contributed by atoms with E-state index in [9.17, 15) is 4.79 Å². The number of aryl methyl sites for hydroxylation is 2. The number of rotatable bonds is 4. The van der Waals surface area contributed by atoms with E-state index in [0.29, 0.717) is 26.2 Å². The molecule has 1 saturated heterocycles. The van der Waals surface area contributed by atoms with Crippen LogP contribution in [0.3, 0.4) is 0 Å². The van der Waals surface area contributed by atoms with Gasteiger partial charge in [0.05, 0.1) is 13.2 Å². The standard InChI is InChI=1S/C19H22N4O2.CH2O2/c1-13-10-21-19(22-13)17-12-25-9-8-23(17)18(24)7-6-14-11-20-16-5-3-2-4-15(14)16;2-1-3/h2-5,10-11,17,20H,6-9,12H2,1H3,(H,21,22);1H,(H,2,3). The third kappa shape index (κ3) is 4.40. The van der Waals surface area contributed by atoms with Gasteiger partial charge in [-0.25, -0.2) is 4.98 Å². The van der Waals surface area contributed by atoms with Gasteiger partial charge in [0.25, 0.3) is 6.47 Å². The zero-order valence-electron chi connectivity index (χ0n) is 15.7. The van der Waals surface area contributed by atoms with Crippen LogP contribution in [-0.4, -0.2) is 57.1 Å². The molecule has 3 N–H and O–H groups in total. The van der Waals surface area contributed by atoms with Crippen LogP contribution < -0.4 is 0 Å². The summed E-state index contributed by atoms with van der Waals surface area (Å²) in [5.41, 5.74) is 3.29. The fraction of sp³-hybridized carbons (Fsp3) is 0.350. The van der Waals surface area contributed by atoms with Gasteiger partial charge in [0.1, 0.15) is 11.9 Å². The first-order valence-corrected chi connectivity index (χ1v) is 9.15. The summed E-state index contributed by atoms with van der Waals surface area (Å²) in [6.07, 6.45) is 5.01. The fourth-order valence-electron chi connectivity index (χ4n) is 3.45. The molecule has 2 aromatic heterocycles. The van der Waals surface area contributed by atoms with Gasteiger partial charge in [-0.3, -0.25) is 9.59 Å². The molecule has 0 bridgehead atoms. The van der Waals surface area contributed by atoms with Crippen molar-refractivity contribution in [2.75, 3.05) is 19.8 Å². The smallest absolute Gasteiger partial charge is 0.290 e. The SMILES string of the molecule is Cc1cnc(C2COCCN2C(=O)CCc2c[nH]c3ccccc23)[nH]1.O=CO. The number of aromatic nitrogens is 3. The lowest BCUT2D eigenvalue weighted by molar-refractivity contribution is -0.140. The lowest BCUT2D eigenvalue weighted by atomic mass is 10.1. The number of benzene rings is 1. The molecular weight excluding hydrogens is 360 g/mol. The van der Waals surface area contributed by atoms with E-state index in [1.807, 2.05) is 30.2 Å². The molecule has 1 fully saturated rings. The largest absolute Gasteiger partial charge is 0.483 e. The number of hydrogen-bond donors (Lipinski definition) is 3. The number of imidazole rings is 1. The highest BCUT2D eigenvalue weighted by atomic mass is 16.5. The quantitative estimate of drug-likeness (QED) is 0.598. The Kier molecular flexibility index (Phi) is 6.44. The van der Waals surface area contributed by atoms with Gasteiger partial charge in [-0.05, 0) is 25.0 Å². The number of hydrogen-bond acceptors (Lipinski definition) is 4. The molecule has 1 aromatic carbocycles. The van der Waals surface area contributed by atoms with Crippen LogP contribution in [0.1, 0.15) is 29.5 Å². The Balaban J connectivity index is 0.000000706. The van der Waals surface area contributed by atoms with Gasteiger partial charge in [0, 0.05) is 42.0 Å². The van der Waals surface area contributed by atoms with Crippen LogP contribution in [0.5, 0.6) is 0 Å². The maximum absolute atomic E-state index is 12.8. The molecule has 1 atom stereocenters. The van der Waals surface area contributed by atoms with E-state index in [0.717, 1.165) is 23.5 Å². The zero-order chi connectivity index (χ0) is 19.9. The van der Waals surface area contributed by atoms with E-state index in [-0.39, 0.29) is 18.4 Å². The minimum atomic E-state index is -0.250. The molecule has 0 saturated carbocycles. The molecule has 0 spiro atoms. The number of morpholine rings is 1. The summed E-state index contributed by atoms with van der Waals surface area (Å²) in [6, 6.07) is 8.06. The topological polar surface area (TPSA) is 111 Å². The lowest BCUT2D eigenvalue weighted by Gasteiger charge is -2.34. The highest BCUT2D eigenvalue weighted by molar-refractivity contribution is 5.84. The maximum atomic E-state index is 12.8. The van der Waals surface area contributed by atoms with E-state index in [2.05, 4.69) is 27.1 Å². The normalized spacial score (nSPS) is 16.5. The Hall–Kier alpha value is -3.13. The van der Waals surface area contributed by atoms with Crippen LogP contribution in [0.15, 0.2) is 36.7 Å². The van der Waals surface area contributed by atoms with Gasteiger partial charge in [-0.1, -0.05) is 18.2 Å². The van der Waals surface area contributed by atoms with E-state index in [1.165, 1.54) is 10.9 Å². The summed E-state index contributed by atoms with van der Waals surface area (Å²) < 4.78 is 5.58. The van der Waals surface area contributed by atoms with Crippen LogP contribution >= 0.6 is 0 Å². The number of aromatic amines is 2. The van der Waals surface area contributed by atoms with Crippen LogP contribution in [0, 0.1) is 6.92 Å². The summed E-state index contributed by atoms with van der Waals surface area (Å²) >= 11 is 0. The molecule has 3 heterocycles. The van der Waals surface area contributed by atoms with Crippen LogP contribution in [0.25, 0.3) is 10.9 Å². The summed E-state index contributed by atoms with van der Waals surface area (Å²) in [6.45, 7) is 3.39. The Morgan fingerprint density at radius 2 is 2.21 bits per heavy atom. The van der Waals surface area contributed by atoms with E-state index in [4.69, 9.17) is 14.6 Å². The summed E-state index contributed by atoms with van der Waals surface area (Å²) in [4.78, 5) is 34.0. The maximum Gasteiger partial charge on any atom is 0.290 e. The summed E-state index contributed by atoms with van der Waals surface area (Å²) in [5.74, 6) is 0.949. The number of ether oxygens (including phenoxy) is 1. The van der Waals surface area contributed by atoms with Crippen LogP contribution in [0.4, 0.5) is 0 Å². The molecule has 148 valence electrons. The molecule has 0 aliphatic carbocycles. The van der Waals surface area contributed by atoms with Gasteiger partial charge >= 0.3 is 0 Å². The number of carbonyl (C=O) groups is 2. The zero-order valence-corrected chi connectivity index (χ0v) is 15.7. The predicted octanol–water partition coefficient (Wildman–Crippen LogP) is 2.43. The molecular formula is C20H24N4O4. The van der Waals surface area contributed by atoms with E-state index < -0.39 is 0 Å². The number of para-hydroxylation sites is 1. The fourth-order valence-corrected chi connectivity index (χ4v) is 3.45. The minimum Gasteiger partial charge on any atom is -0.483 e. The monoisotopic (exact) mass is 384 g/mol. The molecule has 1 aliphatic heterocycles. The Morgan fingerprint density at radius 1 is 1.43 bits per heavy atom. The van der Waals surface area contributed by atoms with Gasteiger partial charge in [-0.15, -0.1) is 0 Å². The van der Waals surface area contributed by atoms with Gasteiger partial charge in [-0.2, -0.15) is 0 Å². The third-order valence-corrected chi connectivity index (χ3v) is 4.77. The number of nitrogens with zero attached hydrogens (tertiary/aromatic N) is 2. The highest BCUT2D eigenvalue weighted by Crippen LogP contribution is 2.24. The Labute approximate surface area is 162 Å². The number of carboxylic acid groups (broad SMARTS) is 1. The lowest BCUT2D eigenvalue weighted by Crippen LogP contribution is -2.44. The van der Waals surface area contributed by atoms with Gasteiger partial charge in [0.2, 0.25) is 5.91 Å². The van der Waals surface area contributed by atoms with E-state index in [1.54, 1.807) is 6.20 Å². The first kappa shape index (κ1) is 19.6. The highest BCUT2D eigenvalue weighted by Gasteiger charge is 2.30. The second-order valence-corrected chi connectivity index (χ2v) is 6.59. The average molecular weight is 384 g/mol. The average Bonchev–Trinajstić information content (AvgIpc) is 3.33. The molecule has 8 heteroatoms. The number of H-pyrrole nitrogens is 2. The van der Waals surface area contributed by atoms with Crippen LogP contribution in [0.2, 0.25) is 0 Å². The Morgan fingerprint density at radius 3 is 2.96 bits per heavy atom. The number of amides is 1. The van der Waals surface area contributed by atoms with Crippen molar-refractivity contribution in [2.24, 2.45) is 0 Å². The molecule has 4 rings (SSSR count). The third-order valence-electron chi connectivity index (χ3n) is 4.77. The first-order chi connectivity index (χ1) is 13.6. The Bertz CT molecular complexity index is 933.